The van der Waals surface area contributed by atoms with Crippen LogP contribution in [-0.2, 0) is 6.54 Å². The number of hydrogen-bond donors (Lipinski definition) is 1. The van der Waals surface area contributed by atoms with Crippen molar-refractivity contribution in [3.63, 3.8) is 0 Å². The Morgan fingerprint density at radius 3 is 2.80 bits per heavy atom. The van der Waals surface area contributed by atoms with Gasteiger partial charge in [0.25, 0.3) is 0 Å². The Kier molecular flexibility index (Phi) is 4.59. The average molecular weight is 376 g/mol. The van der Waals surface area contributed by atoms with Gasteiger partial charge in [0, 0.05) is 23.1 Å². The van der Waals surface area contributed by atoms with Gasteiger partial charge < -0.3 is 14.6 Å². The van der Waals surface area contributed by atoms with Gasteiger partial charge in [0.15, 0.2) is 0 Å². The van der Waals surface area contributed by atoms with Crippen LogP contribution in [0.1, 0.15) is 18.4 Å². The second-order valence-corrected chi connectivity index (χ2v) is 7.31. The molecule has 1 unspecified atom stereocenters. The molecule has 2 heterocycles. The molecule has 1 saturated heterocycles. The van der Waals surface area contributed by atoms with Crippen LogP contribution in [0.3, 0.4) is 0 Å². The summed E-state index contributed by atoms with van der Waals surface area (Å²) in [6, 6.07) is 13.7. The summed E-state index contributed by atoms with van der Waals surface area (Å²) >= 11 is 12.4. The summed E-state index contributed by atoms with van der Waals surface area (Å²) in [4.78, 5) is 6.99. The van der Waals surface area contributed by atoms with E-state index in [1.165, 1.54) is 0 Å². The molecule has 25 heavy (non-hydrogen) atoms. The molecule has 1 aliphatic rings. The lowest BCUT2D eigenvalue weighted by atomic mass is 10.1. The molecule has 1 N–H and O–H groups in total. The fourth-order valence-electron chi connectivity index (χ4n) is 3.42. The molecule has 1 aromatic heterocycles. The van der Waals surface area contributed by atoms with Crippen LogP contribution in [0.15, 0.2) is 42.5 Å². The second kappa shape index (κ2) is 6.87. The Morgan fingerprint density at radius 1 is 1.16 bits per heavy atom. The summed E-state index contributed by atoms with van der Waals surface area (Å²) in [5.41, 5.74) is 3.00. The monoisotopic (exact) mass is 375 g/mol. The number of aliphatic hydroxyl groups excluding tert-OH is 1. The first kappa shape index (κ1) is 16.7. The van der Waals surface area contributed by atoms with Gasteiger partial charge in [-0.25, -0.2) is 4.98 Å². The third-order valence-corrected chi connectivity index (χ3v) is 5.24. The highest BCUT2D eigenvalue weighted by atomic mass is 35.5. The standard InChI is InChI=1S/C19H19Cl2N3O/c20-14-8-7-13(16(21)10-14)11-24-18-6-2-1-5-17(18)22-19(24)23-9-3-4-15(25)12-23/h1-2,5-8,10,15,25H,3-4,9,11-12H2. The molecule has 4 nitrogen and oxygen atoms in total. The van der Waals surface area contributed by atoms with Gasteiger partial charge in [-0.1, -0.05) is 41.4 Å². The number of fused-ring (bicyclic) bond motifs is 1. The van der Waals surface area contributed by atoms with Gasteiger partial charge in [0.05, 0.1) is 23.7 Å². The molecule has 3 aromatic rings. The normalized spacial score (nSPS) is 18.0. The summed E-state index contributed by atoms with van der Waals surface area (Å²) in [7, 11) is 0. The van der Waals surface area contributed by atoms with Crippen molar-refractivity contribution < 1.29 is 5.11 Å². The molecule has 1 atom stereocenters. The van der Waals surface area contributed by atoms with Crippen LogP contribution in [0.2, 0.25) is 10.0 Å². The number of para-hydroxylation sites is 2. The van der Waals surface area contributed by atoms with E-state index in [0.717, 1.165) is 41.9 Å². The molecule has 0 aliphatic carbocycles. The topological polar surface area (TPSA) is 41.3 Å². The van der Waals surface area contributed by atoms with Crippen LogP contribution < -0.4 is 4.90 Å². The van der Waals surface area contributed by atoms with Gasteiger partial charge in [0.1, 0.15) is 0 Å². The average Bonchev–Trinajstić information content (AvgIpc) is 2.96. The molecule has 2 aromatic carbocycles. The zero-order valence-electron chi connectivity index (χ0n) is 13.7. The number of aromatic nitrogens is 2. The Morgan fingerprint density at radius 2 is 2.00 bits per heavy atom. The number of benzene rings is 2. The molecule has 130 valence electrons. The van der Waals surface area contributed by atoms with Crippen molar-refractivity contribution >= 4 is 40.2 Å². The van der Waals surface area contributed by atoms with E-state index in [2.05, 4.69) is 15.5 Å². The van der Waals surface area contributed by atoms with E-state index in [1.54, 1.807) is 6.07 Å². The highest BCUT2D eigenvalue weighted by Crippen LogP contribution is 2.29. The molecule has 1 aliphatic heterocycles. The fourth-order valence-corrected chi connectivity index (χ4v) is 3.88. The lowest BCUT2D eigenvalue weighted by Gasteiger charge is -2.31. The van der Waals surface area contributed by atoms with Gasteiger partial charge in [-0.15, -0.1) is 0 Å². The van der Waals surface area contributed by atoms with Crippen molar-refractivity contribution in [1.82, 2.24) is 9.55 Å². The minimum atomic E-state index is -0.305. The Bertz CT molecular complexity index is 909. The first-order valence-electron chi connectivity index (χ1n) is 8.44. The number of rotatable bonds is 3. The van der Waals surface area contributed by atoms with E-state index in [0.29, 0.717) is 23.1 Å². The maximum absolute atomic E-state index is 10.1. The predicted molar refractivity (Wildman–Crippen MR) is 103 cm³/mol. The summed E-state index contributed by atoms with van der Waals surface area (Å²) < 4.78 is 2.17. The van der Waals surface area contributed by atoms with Crippen LogP contribution in [0.4, 0.5) is 5.95 Å². The van der Waals surface area contributed by atoms with E-state index in [4.69, 9.17) is 28.2 Å². The van der Waals surface area contributed by atoms with Crippen molar-refractivity contribution in [1.29, 1.82) is 0 Å². The Labute approximate surface area is 156 Å². The lowest BCUT2D eigenvalue weighted by Crippen LogP contribution is -2.39. The maximum Gasteiger partial charge on any atom is 0.206 e. The van der Waals surface area contributed by atoms with Gasteiger partial charge >= 0.3 is 0 Å². The molecule has 4 rings (SSSR count). The van der Waals surface area contributed by atoms with Crippen molar-refractivity contribution in [3.05, 3.63) is 58.1 Å². The highest BCUT2D eigenvalue weighted by molar-refractivity contribution is 6.35. The Balaban J connectivity index is 1.79. The molecule has 6 heteroatoms. The van der Waals surface area contributed by atoms with Crippen LogP contribution in [0.5, 0.6) is 0 Å². The second-order valence-electron chi connectivity index (χ2n) is 6.46. The number of hydrogen-bond acceptors (Lipinski definition) is 3. The minimum absolute atomic E-state index is 0.305. The molecule has 0 bridgehead atoms. The molecular weight excluding hydrogens is 357 g/mol. The van der Waals surface area contributed by atoms with Crippen LogP contribution in [-0.4, -0.2) is 33.9 Å². The van der Waals surface area contributed by atoms with Crippen molar-refractivity contribution in [2.75, 3.05) is 18.0 Å². The van der Waals surface area contributed by atoms with Gasteiger partial charge in [-0.2, -0.15) is 0 Å². The zero-order chi connectivity index (χ0) is 17.4. The van der Waals surface area contributed by atoms with Gasteiger partial charge in [-0.05, 0) is 42.7 Å². The van der Waals surface area contributed by atoms with Crippen molar-refractivity contribution in [3.8, 4) is 0 Å². The molecule has 1 fully saturated rings. The van der Waals surface area contributed by atoms with Gasteiger partial charge in [0.2, 0.25) is 5.95 Å². The van der Waals surface area contributed by atoms with E-state index >= 15 is 0 Å². The third kappa shape index (κ3) is 3.34. The molecular formula is C19H19Cl2N3O. The quantitative estimate of drug-likeness (QED) is 0.739. The van der Waals surface area contributed by atoms with E-state index in [9.17, 15) is 5.11 Å². The van der Waals surface area contributed by atoms with Gasteiger partial charge in [-0.3, -0.25) is 0 Å². The number of piperidine rings is 1. The molecule has 0 amide bonds. The number of aliphatic hydroxyl groups is 1. The van der Waals surface area contributed by atoms with Crippen molar-refractivity contribution in [2.24, 2.45) is 0 Å². The third-order valence-electron chi connectivity index (χ3n) is 4.66. The summed E-state index contributed by atoms with van der Waals surface area (Å²) in [6.07, 6.45) is 1.51. The minimum Gasteiger partial charge on any atom is -0.391 e. The Hall–Kier alpha value is -1.75. The van der Waals surface area contributed by atoms with Crippen LogP contribution >= 0.6 is 23.2 Å². The van der Waals surface area contributed by atoms with E-state index < -0.39 is 0 Å². The SMILES string of the molecule is OC1CCCN(c2nc3ccccc3n2Cc2ccc(Cl)cc2Cl)C1. The molecule has 0 saturated carbocycles. The summed E-state index contributed by atoms with van der Waals surface area (Å²) in [5.74, 6) is 0.881. The number of nitrogens with zero attached hydrogens (tertiary/aromatic N) is 3. The molecule has 0 radical (unpaired) electrons. The lowest BCUT2D eigenvalue weighted by molar-refractivity contribution is 0.153. The summed E-state index contributed by atoms with van der Waals surface area (Å²) in [5, 5.41) is 11.3. The van der Waals surface area contributed by atoms with Crippen LogP contribution in [0, 0.1) is 0 Å². The predicted octanol–water partition coefficient (Wildman–Crippen LogP) is 4.35. The smallest absolute Gasteiger partial charge is 0.206 e. The number of β-amino-alcohol motifs (C(OH)–C–C–N with tert-alkyl or cyclic N) is 1. The molecule has 0 spiro atoms. The van der Waals surface area contributed by atoms with Crippen LogP contribution in [0.25, 0.3) is 11.0 Å². The number of imidazole rings is 1. The highest BCUT2D eigenvalue weighted by Gasteiger charge is 2.23. The zero-order valence-corrected chi connectivity index (χ0v) is 15.2. The number of anilines is 1. The van der Waals surface area contributed by atoms with Crippen molar-refractivity contribution in [2.45, 2.75) is 25.5 Å². The first-order chi connectivity index (χ1) is 12.1. The summed E-state index contributed by atoms with van der Waals surface area (Å²) in [6.45, 7) is 2.12. The van der Waals surface area contributed by atoms with E-state index in [-0.39, 0.29) is 6.10 Å². The largest absolute Gasteiger partial charge is 0.391 e. The number of halogens is 2. The first-order valence-corrected chi connectivity index (χ1v) is 9.19. The van der Waals surface area contributed by atoms with E-state index in [1.807, 2.05) is 30.3 Å². The maximum atomic E-state index is 10.1. The fraction of sp³-hybridized carbons (Fsp3) is 0.316.